The minimum atomic E-state index is -0.282. The second-order valence-electron chi connectivity index (χ2n) is 6.54. The molecule has 0 radical (unpaired) electrons. The van der Waals surface area contributed by atoms with E-state index >= 15 is 0 Å². The van der Waals surface area contributed by atoms with Gasteiger partial charge >= 0.3 is 0 Å². The molecule has 1 aliphatic heterocycles. The van der Waals surface area contributed by atoms with Crippen LogP contribution in [0, 0.1) is 17.3 Å². The van der Waals surface area contributed by atoms with Gasteiger partial charge in [-0.05, 0) is 43.9 Å². The fourth-order valence-electron chi connectivity index (χ4n) is 3.70. The molecule has 3 rings (SSSR count). The van der Waals surface area contributed by atoms with Gasteiger partial charge in [-0.25, -0.2) is 0 Å². The van der Waals surface area contributed by atoms with Crippen molar-refractivity contribution in [2.45, 2.75) is 51.2 Å². The van der Waals surface area contributed by atoms with Crippen molar-refractivity contribution in [3.8, 4) is 0 Å². The van der Waals surface area contributed by atoms with E-state index in [1.54, 1.807) is 0 Å². The van der Waals surface area contributed by atoms with E-state index in [-0.39, 0.29) is 23.5 Å². The second-order valence-corrected chi connectivity index (χ2v) is 6.54. The number of ether oxygens (including phenoxy) is 1. The molecule has 2 unspecified atom stereocenters. The van der Waals surface area contributed by atoms with Crippen molar-refractivity contribution in [2.24, 2.45) is 23.0 Å². The van der Waals surface area contributed by atoms with Gasteiger partial charge in [-0.3, -0.25) is 4.79 Å². The first-order valence-electron chi connectivity index (χ1n) is 7.27. The highest BCUT2D eigenvalue weighted by molar-refractivity contribution is 5.84. The van der Waals surface area contributed by atoms with Crippen LogP contribution in [0.3, 0.4) is 0 Å². The summed E-state index contributed by atoms with van der Waals surface area (Å²) in [6.07, 6.45) is 5.63. The van der Waals surface area contributed by atoms with Gasteiger partial charge in [0.05, 0.1) is 17.6 Å². The van der Waals surface area contributed by atoms with E-state index in [1.165, 1.54) is 12.8 Å². The first kappa shape index (κ1) is 12.4. The molecule has 1 amide bonds. The SMILES string of the molecule is CC1CC(CN)(C(=O)NC2CCOC2C2CC2)C1. The quantitative estimate of drug-likeness (QED) is 0.786. The molecule has 102 valence electrons. The molecular formula is C14H24N2O2. The van der Waals surface area contributed by atoms with E-state index in [0.717, 1.165) is 25.9 Å². The Hall–Kier alpha value is -0.610. The Labute approximate surface area is 109 Å². The highest BCUT2D eigenvalue weighted by atomic mass is 16.5. The molecule has 2 atom stereocenters. The zero-order valence-corrected chi connectivity index (χ0v) is 11.2. The number of hydrogen-bond acceptors (Lipinski definition) is 3. The molecule has 3 N–H and O–H groups in total. The predicted molar refractivity (Wildman–Crippen MR) is 68.9 cm³/mol. The summed E-state index contributed by atoms with van der Waals surface area (Å²) in [4.78, 5) is 12.4. The number of rotatable bonds is 4. The number of nitrogens with two attached hydrogens (primary N) is 1. The Morgan fingerprint density at radius 1 is 1.39 bits per heavy atom. The van der Waals surface area contributed by atoms with Crippen LogP contribution in [0.25, 0.3) is 0 Å². The van der Waals surface area contributed by atoms with Crippen LogP contribution in [0.15, 0.2) is 0 Å². The molecule has 1 saturated heterocycles. The van der Waals surface area contributed by atoms with E-state index in [9.17, 15) is 4.79 Å². The van der Waals surface area contributed by atoms with Crippen LogP contribution >= 0.6 is 0 Å². The third-order valence-corrected chi connectivity index (χ3v) is 4.89. The summed E-state index contributed by atoms with van der Waals surface area (Å²) in [6, 6.07) is 0.226. The van der Waals surface area contributed by atoms with Crippen LogP contribution in [-0.2, 0) is 9.53 Å². The van der Waals surface area contributed by atoms with Gasteiger partial charge in [-0.2, -0.15) is 0 Å². The number of hydrogen-bond donors (Lipinski definition) is 2. The van der Waals surface area contributed by atoms with E-state index < -0.39 is 0 Å². The van der Waals surface area contributed by atoms with E-state index in [4.69, 9.17) is 10.5 Å². The Balaban J connectivity index is 1.60. The molecule has 1 heterocycles. The molecule has 0 spiro atoms. The molecule has 0 bridgehead atoms. The van der Waals surface area contributed by atoms with E-state index in [2.05, 4.69) is 12.2 Å². The average Bonchev–Trinajstić information content (AvgIpc) is 3.06. The molecule has 0 aromatic heterocycles. The van der Waals surface area contributed by atoms with Crippen LogP contribution in [-0.4, -0.2) is 31.2 Å². The van der Waals surface area contributed by atoms with Crippen molar-refractivity contribution in [3.05, 3.63) is 0 Å². The zero-order chi connectivity index (χ0) is 12.8. The lowest BCUT2D eigenvalue weighted by Crippen LogP contribution is -2.56. The third kappa shape index (κ3) is 2.05. The third-order valence-electron chi connectivity index (χ3n) is 4.89. The topological polar surface area (TPSA) is 64.4 Å². The maximum absolute atomic E-state index is 12.4. The maximum Gasteiger partial charge on any atom is 0.227 e. The summed E-state index contributed by atoms with van der Waals surface area (Å²) in [5, 5.41) is 3.22. The monoisotopic (exact) mass is 252 g/mol. The highest BCUT2D eigenvalue weighted by Gasteiger charge is 2.49. The van der Waals surface area contributed by atoms with Crippen molar-refractivity contribution in [3.63, 3.8) is 0 Å². The molecule has 4 heteroatoms. The van der Waals surface area contributed by atoms with Gasteiger partial charge in [0.25, 0.3) is 0 Å². The first-order valence-corrected chi connectivity index (χ1v) is 7.27. The average molecular weight is 252 g/mol. The van der Waals surface area contributed by atoms with Crippen LogP contribution in [0.1, 0.15) is 39.0 Å². The molecule has 0 aromatic carbocycles. The van der Waals surface area contributed by atoms with Crippen LogP contribution < -0.4 is 11.1 Å². The van der Waals surface area contributed by atoms with Gasteiger partial charge in [0.1, 0.15) is 0 Å². The number of carbonyl (C=O) groups is 1. The maximum atomic E-state index is 12.4. The Bertz CT molecular complexity index is 335. The summed E-state index contributed by atoms with van der Waals surface area (Å²) in [6.45, 7) is 3.45. The van der Waals surface area contributed by atoms with Crippen molar-refractivity contribution < 1.29 is 9.53 Å². The zero-order valence-electron chi connectivity index (χ0n) is 11.2. The Kier molecular flexibility index (Phi) is 3.10. The van der Waals surface area contributed by atoms with Crippen molar-refractivity contribution in [1.82, 2.24) is 5.32 Å². The smallest absolute Gasteiger partial charge is 0.227 e. The summed E-state index contributed by atoms with van der Waals surface area (Å²) in [5.41, 5.74) is 5.54. The number of amides is 1. The summed E-state index contributed by atoms with van der Waals surface area (Å²) >= 11 is 0. The Morgan fingerprint density at radius 2 is 2.11 bits per heavy atom. The lowest BCUT2D eigenvalue weighted by Gasteiger charge is -2.45. The van der Waals surface area contributed by atoms with Gasteiger partial charge in [-0.1, -0.05) is 6.92 Å². The van der Waals surface area contributed by atoms with Gasteiger partial charge in [0, 0.05) is 13.2 Å². The summed E-state index contributed by atoms with van der Waals surface area (Å²) < 4.78 is 5.76. The largest absolute Gasteiger partial charge is 0.376 e. The molecule has 0 aromatic rings. The van der Waals surface area contributed by atoms with Crippen LogP contribution in [0.5, 0.6) is 0 Å². The van der Waals surface area contributed by atoms with E-state index in [0.29, 0.717) is 18.4 Å². The van der Waals surface area contributed by atoms with Gasteiger partial charge in [0.15, 0.2) is 0 Å². The van der Waals surface area contributed by atoms with Gasteiger partial charge < -0.3 is 15.8 Å². The fraction of sp³-hybridized carbons (Fsp3) is 0.929. The van der Waals surface area contributed by atoms with Gasteiger partial charge in [0.2, 0.25) is 5.91 Å². The first-order chi connectivity index (χ1) is 8.64. The van der Waals surface area contributed by atoms with Crippen LogP contribution in [0.4, 0.5) is 0 Å². The van der Waals surface area contributed by atoms with Crippen LogP contribution in [0.2, 0.25) is 0 Å². The molecule has 3 aliphatic rings. The van der Waals surface area contributed by atoms with Crippen molar-refractivity contribution in [2.75, 3.05) is 13.2 Å². The predicted octanol–water partition coefficient (Wildman–Crippen LogP) is 1.05. The Morgan fingerprint density at radius 3 is 2.67 bits per heavy atom. The highest BCUT2D eigenvalue weighted by Crippen LogP contribution is 2.45. The summed E-state index contributed by atoms with van der Waals surface area (Å²) in [7, 11) is 0. The summed E-state index contributed by atoms with van der Waals surface area (Å²) in [5.74, 6) is 1.49. The standard InChI is InChI=1S/C14H24N2O2/c1-9-6-14(7-9,8-15)13(17)16-11-4-5-18-12(11)10-2-3-10/h9-12H,2-8,15H2,1H3,(H,16,17). The number of nitrogens with one attached hydrogen (secondary N) is 1. The molecule has 2 saturated carbocycles. The molecule has 3 fully saturated rings. The minimum absolute atomic E-state index is 0.171. The molecular weight excluding hydrogens is 228 g/mol. The van der Waals surface area contributed by atoms with Gasteiger partial charge in [-0.15, -0.1) is 0 Å². The normalized spacial score (nSPS) is 43.6. The molecule has 18 heavy (non-hydrogen) atoms. The lowest BCUT2D eigenvalue weighted by molar-refractivity contribution is -0.139. The fourth-order valence-corrected chi connectivity index (χ4v) is 3.70. The lowest BCUT2D eigenvalue weighted by atomic mass is 9.62. The van der Waals surface area contributed by atoms with Crippen molar-refractivity contribution in [1.29, 1.82) is 0 Å². The molecule has 4 nitrogen and oxygen atoms in total. The molecule has 2 aliphatic carbocycles. The second kappa shape index (κ2) is 4.49. The van der Waals surface area contributed by atoms with E-state index in [1.807, 2.05) is 0 Å². The minimum Gasteiger partial charge on any atom is -0.376 e. The number of carbonyl (C=O) groups excluding carboxylic acids is 1. The van der Waals surface area contributed by atoms with Crippen molar-refractivity contribution >= 4 is 5.91 Å².